The molecule has 3 saturated heterocycles. The molecule has 154 valence electrons. The predicted molar refractivity (Wildman–Crippen MR) is 115 cm³/mol. The van der Waals surface area contributed by atoms with Crippen molar-refractivity contribution in [1.29, 1.82) is 0 Å². The van der Waals surface area contributed by atoms with Crippen LogP contribution in [-0.2, 0) is 9.59 Å². The van der Waals surface area contributed by atoms with E-state index in [4.69, 9.17) is 23.2 Å². The summed E-state index contributed by atoms with van der Waals surface area (Å²) in [6.45, 7) is 2.68. The van der Waals surface area contributed by atoms with Gasteiger partial charge in [-0.2, -0.15) is 0 Å². The Labute approximate surface area is 184 Å². The van der Waals surface area contributed by atoms with Crippen LogP contribution in [-0.4, -0.2) is 41.1 Å². The standard InChI is InChI=1S/C23H20Cl2N2O3/c1-12-7-9-13(10-8-12)21(28)20-18-17(15-6-3-11-26(15)20)22(29)27(23(18)30)16-5-2-4-14(24)19(16)25/h2,4-5,7-10,15,17-18,20H,3,6,11H2,1H3/t15-,17+,18+,20-/m0/s1. The van der Waals surface area contributed by atoms with E-state index in [1.54, 1.807) is 30.3 Å². The molecule has 0 radical (unpaired) electrons. The van der Waals surface area contributed by atoms with Crippen molar-refractivity contribution in [2.75, 3.05) is 11.4 Å². The number of ketones is 1. The SMILES string of the molecule is Cc1ccc(C(=O)[C@@H]2[C@@H]3C(=O)N(c4cccc(Cl)c4Cl)C(=O)[C@@H]3[C@@H]3CCCN23)cc1. The van der Waals surface area contributed by atoms with Gasteiger partial charge in [-0.05, 0) is 38.4 Å². The van der Waals surface area contributed by atoms with Crippen molar-refractivity contribution in [2.45, 2.75) is 31.8 Å². The molecule has 5 rings (SSSR count). The van der Waals surface area contributed by atoms with E-state index in [1.165, 1.54) is 0 Å². The van der Waals surface area contributed by atoms with Gasteiger partial charge in [0.2, 0.25) is 11.8 Å². The Morgan fingerprint density at radius 3 is 2.43 bits per heavy atom. The number of rotatable bonds is 3. The molecule has 0 aliphatic carbocycles. The second-order valence-corrected chi connectivity index (χ2v) is 9.04. The van der Waals surface area contributed by atoms with Crippen LogP contribution in [0, 0.1) is 18.8 Å². The molecule has 2 amide bonds. The fourth-order valence-corrected chi connectivity index (χ4v) is 5.69. The number of carbonyl (C=O) groups is 3. The van der Waals surface area contributed by atoms with Gasteiger partial charge in [-0.15, -0.1) is 0 Å². The first-order valence-electron chi connectivity index (χ1n) is 10.1. The maximum Gasteiger partial charge on any atom is 0.239 e. The number of hydrogen-bond acceptors (Lipinski definition) is 4. The molecule has 5 nitrogen and oxygen atoms in total. The molecule has 3 aliphatic rings. The summed E-state index contributed by atoms with van der Waals surface area (Å²) in [5, 5.41) is 0.451. The smallest absolute Gasteiger partial charge is 0.239 e. The third-order valence-corrected chi connectivity index (χ3v) is 7.44. The van der Waals surface area contributed by atoms with Gasteiger partial charge in [-0.3, -0.25) is 19.3 Å². The zero-order valence-electron chi connectivity index (χ0n) is 16.3. The Kier molecular flexibility index (Phi) is 4.73. The van der Waals surface area contributed by atoms with Crippen LogP contribution in [0.3, 0.4) is 0 Å². The van der Waals surface area contributed by atoms with Gasteiger partial charge in [0, 0.05) is 11.6 Å². The van der Waals surface area contributed by atoms with Crippen molar-refractivity contribution >= 4 is 46.5 Å². The first kappa shape index (κ1) is 19.7. The number of fused-ring (bicyclic) bond motifs is 3. The highest BCUT2D eigenvalue weighted by molar-refractivity contribution is 6.45. The summed E-state index contributed by atoms with van der Waals surface area (Å²) >= 11 is 12.5. The average molecular weight is 443 g/mol. The number of Topliss-reactive ketones (excluding diaryl/α,β-unsaturated/α-hetero) is 1. The number of nitrogens with zero attached hydrogens (tertiary/aromatic N) is 2. The number of imide groups is 1. The molecule has 30 heavy (non-hydrogen) atoms. The lowest BCUT2D eigenvalue weighted by atomic mass is 9.85. The monoisotopic (exact) mass is 442 g/mol. The van der Waals surface area contributed by atoms with Crippen LogP contribution < -0.4 is 4.90 Å². The maximum atomic E-state index is 13.5. The summed E-state index contributed by atoms with van der Waals surface area (Å²) in [5.74, 6) is -1.99. The Bertz CT molecular complexity index is 1070. The van der Waals surface area contributed by atoms with Crippen molar-refractivity contribution in [3.63, 3.8) is 0 Å². The Hall–Kier alpha value is -2.21. The molecular weight excluding hydrogens is 423 g/mol. The van der Waals surface area contributed by atoms with Crippen LogP contribution in [0.2, 0.25) is 10.0 Å². The van der Waals surface area contributed by atoms with E-state index < -0.39 is 17.9 Å². The van der Waals surface area contributed by atoms with Crippen molar-refractivity contribution in [1.82, 2.24) is 4.90 Å². The van der Waals surface area contributed by atoms with Gasteiger partial charge in [0.15, 0.2) is 5.78 Å². The zero-order valence-corrected chi connectivity index (χ0v) is 17.9. The first-order chi connectivity index (χ1) is 14.4. The van der Waals surface area contributed by atoms with Gasteiger partial charge in [0.25, 0.3) is 0 Å². The highest BCUT2D eigenvalue weighted by atomic mass is 35.5. The molecule has 4 atom stereocenters. The molecule has 3 aliphatic heterocycles. The second-order valence-electron chi connectivity index (χ2n) is 8.26. The van der Waals surface area contributed by atoms with Crippen molar-refractivity contribution < 1.29 is 14.4 Å². The summed E-state index contributed by atoms with van der Waals surface area (Å²) in [6.07, 6.45) is 1.71. The minimum atomic E-state index is -0.702. The minimum Gasteiger partial charge on any atom is -0.292 e. The number of hydrogen-bond donors (Lipinski definition) is 0. The number of benzene rings is 2. The summed E-state index contributed by atoms with van der Waals surface area (Å²) < 4.78 is 0. The molecule has 0 N–H and O–H groups in total. The molecule has 7 heteroatoms. The van der Waals surface area contributed by atoms with Gasteiger partial charge in [-0.1, -0.05) is 59.1 Å². The van der Waals surface area contributed by atoms with Gasteiger partial charge < -0.3 is 0 Å². The zero-order chi connectivity index (χ0) is 21.2. The van der Waals surface area contributed by atoms with Crippen molar-refractivity contribution in [3.8, 4) is 0 Å². The number of anilines is 1. The Balaban J connectivity index is 1.57. The van der Waals surface area contributed by atoms with E-state index in [0.29, 0.717) is 11.3 Å². The quantitative estimate of drug-likeness (QED) is 0.529. The first-order valence-corrected chi connectivity index (χ1v) is 10.8. The lowest BCUT2D eigenvalue weighted by Crippen LogP contribution is -2.46. The second kappa shape index (κ2) is 7.19. The van der Waals surface area contributed by atoms with Crippen LogP contribution in [0.5, 0.6) is 0 Å². The molecule has 0 spiro atoms. The lowest BCUT2D eigenvalue weighted by Gasteiger charge is -2.28. The highest BCUT2D eigenvalue weighted by Gasteiger charge is 2.64. The minimum absolute atomic E-state index is 0.102. The molecule has 3 fully saturated rings. The van der Waals surface area contributed by atoms with E-state index in [9.17, 15) is 14.4 Å². The summed E-state index contributed by atoms with van der Waals surface area (Å²) in [4.78, 5) is 43.6. The number of amides is 2. The molecule has 3 heterocycles. The van der Waals surface area contributed by atoms with Gasteiger partial charge in [0.05, 0.1) is 33.6 Å². The lowest BCUT2D eigenvalue weighted by molar-refractivity contribution is -0.123. The van der Waals surface area contributed by atoms with Crippen LogP contribution in [0.15, 0.2) is 42.5 Å². The van der Waals surface area contributed by atoms with Gasteiger partial charge in [-0.25, -0.2) is 4.90 Å². The topological polar surface area (TPSA) is 57.7 Å². The summed E-state index contributed by atoms with van der Waals surface area (Å²) in [7, 11) is 0. The Morgan fingerprint density at radius 2 is 1.70 bits per heavy atom. The van der Waals surface area contributed by atoms with E-state index in [-0.39, 0.29) is 33.7 Å². The predicted octanol–water partition coefficient (Wildman–Crippen LogP) is 4.14. The summed E-state index contributed by atoms with van der Waals surface area (Å²) in [5.41, 5.74) is 1.92. The molecule has 2 aromatic carbocycles. The molecule has 0 bridgehead atoms. The third-order valence-electron chi connectivity index (χ3n) is 6.63. The number of aryl methyl sites for hydroxylation is 1. The fourth-order valence-electron chi connectivity index (χ4n) is 5.31. The molecule has 0 unspecified atom stereocenters. The van der Waals surface area contributed by atoms with Gasteiger partial charge in [0.1, 0.15) is 0 Å². The highest BCUT2D eigenvalue weighted by Crippen LogP contribution is 2.49. The van der Waals surface area contributed by atoms with E-state index >= 15 is 0 Å². The van der Waals surface area contributed by atoms with E-state index in [1.807, 2.05) is 19.1 Å². The number of carbonyl (C=O) groups excluding carboxylic acids is 3. The Morgan fingerprint density at radius 1 is 1.00 bits per heavy atom. The normalized spacial score (nSPS) is 28.2. The largest absolute Gasteiger partial charge is 0.292 e. The van der Waals surface area contributed by atoms with Crippen LogP contribution in [0.25, 0.3) is 0 Å². The summed E-state index contributed by atoms with van der Waals surface area (Å²) in [6, 6.07) is 11.5. The van der Waals surface area contributed by atoms with Crippen LogP contribution in [0.1, 0.15) is 28.8 Å². The van der Waals surface area contributed by atoms with Gasteiger partial charge >= 0.3 is 0 Å². The molecular formula is C23H20Cl2N2O3. The maximum absolute atomic E-state index is 13.5. The fraction of sp³-hybridized carbons (Fsp3) is 0.348. The van der Waals surface area contributed by atoms with Crippen LogP contribution in [0.4, 0.5) is 5.69 Å². The average Bonchev–Trinajstić information content (AvgIpc) is 3.37. The number of halogens is 2. The van der Waals surface area contributed by atoms with Crippen LogP contribution >= 0.6 is 23.2 Å². The third kappa shape index (κ3) is 2.76. The van der Waals surface area contributed by atoms with E-state index in [0.717, 1.165) is 29.8 Å². The molecule has 0 saturated carbocycles. The molecule has 0 aromatic heterocycles. The van der Waals surface area contributed by atoms with Crippen molar-refractivity contribution in [2.24, 2.45) is 11.8 Å². The van der Waals surface area contributed by atoms with E-state index in [2.05, 4.69) is 4.90 Å². The van der Waals surface area contributed by atoms with Crippen molar-refractivity contribution in [3.05, 3.63) is 63.6 Å². The molecule has 2 aromatic rings.